The first kappa shape index (κ1) is 26.0. The van der Waals surface area contributed by atoms with Gasteiger partial charge in [0, 0.05) is 30.4 Å². The summed E-state index contributed by atoms with van der Waals surface area (Å²) in [6.45, 7) is 2.02. The maximum Gasteiger partial charge on any atom is 0.264 e. The van der Waals surface area contributed by atoms with Crippen LogP contribution in [0.4, 0.5) is 17.1 Å². The van der Waals surface area contributed by atoms with E-state index in [4.69, 9.17) is 9.47 Å². The molecule has 9 nitrogen and oxygen atoms in total. The van der Waals surface area contributed by atoms with Crippen molar-refractivity contribution < 1.29 is 27.5 Å². The summed E-state index contributed by atoms with van der Waals surface area (Å²) in [6.07, 6.45) is 1.34. The molecule has 10 heteroatoms. The Morgan fingerprint density at radius 3 is 2.30 bits per heavy atom. The molecule has 1 aliphatic rings. The van der Waals surface area contributed by atoms with Gasteiger partial charge >= 0.3 is 0 Å². The number of ether oxygens (including phenoxy) is 2. The van der Waals surface area contributed by atoms with Crippen molar-refractivity contribution in [1.29, 1.82) is 0 Å². The van der Waals surface area contributed by atoms with Gasteiger partial charge in [-0.15, -0.1) is 0 Å². The van der Waals surface area contributed by atoms with E-state index in [1.165, 1.54) is 32.4 Å². The van der Waals surface area contributed by atoms with Crippen molar-refractivity contribution in [2.24, 2.45) is 0 Å². The Kier molecular flexibility index (Phi) is 7.68. The van der Waals surface area contributed by atoms with E-state index in [1.54, 1.807) is 53.4 Å². The van der Waals surface area contributed by atoms with Gasteiger partial charge in [0.25, 0.3) is 10.0 Å². The van der Waals surface area contributed by atoms with Crippen LogP contribution in [0.5, 0.6) is 11.5 Å². The summed E-state index contributed by atoms with van der Waals surface area (Å²) < 4.78 is 39.2. The fraction of sp³-hybridized carbons (Fsp3) is 0.259. The highest BCUT2D eigenvalue weighted by molar-refractivity contribution is 7.92. The summed E-state index contributed by atoms with van der Waals surface area (Å²) in [5.74, 6) is 0.197. The highest BCUT2D eigenvalue weighted by atomic mass is 32.2. The molecule has 3 aromatic carbocycles. The molecule has 3 aromatic rings. The molecule has 0 atom stereocenters. The molecule has 1 aliphatic heterocycles. The number of sulfonamides is 1. The van der Waals surface area contributed by atoms with Crippen molar-refractivity contribution in [3.63, 3.8) is 0 Å². The predicted molar refractivity (Wildman–Crippen MR) is 142 cm³/mol. The Morgan fingerprint density at radius 1 is 1.00 bits per heavy atom. The van der Waals surface area contributed by atoms with E-state index in [-0.39, 0.29) is 22.2 Å². The number of nitrogens with one attached hydrogen (secondary N) is 1. The van der Waals surface area contributed by atoms with Crippen molar-refractivity contribution in [3.05, 3.63) is 72.3 Å². The van der Waals surface area contributed by atoms with Crippen molar-refractivity contribution >= 4 is 38.9 Å². The molecule has 1 heterocycles. The predicted octanol–water partition coefficient (Wildman–Crippen LogP) is 3.97. The van der Waals surface area contributed by atoms with E-state index >= 15 is 0 Å². The van der Waals surface area contributed by atoms with Crippen LogP contribution < -0.4 is 24.0 Å². The summed E-state index contributed by atoms with van der Waals surface area (Å²) in [4.78, 5) is 26.9. The maximum absolute atomic E-state index is 13.7. The molecule has 0 aliphatic carbocycles. The first-order valence-electron chi connectivity index (χ1n) is 11.7. The van der Waals surface area contributed by atoms with Crippen LogP contribution >= 0.6 is 0 Å². The van der Waals surface area contributed by atoms with Crippen LogP contribution in [0.2, 0.25) is 0 Å². The first-order chi connectivity index (χ1) is 17.7. The maximum atomic E-state index is 13.7. The van der Waals surface area contributed by atoms with Crippen LogP contribution in [0, 0.1) is 6.92 Å². The Balaban J connectivity index is 1.63. The number of carbonyl (C=O) groups excluding carboxylic acids is 2. The number of rotatable bonds is 9. The summed E-state index contributed by atoms with van der Waals surface area (Å²) in [6, 6.07) is 18.0. The zero-order chi connectivity index (χ0) is 26.6. The van der Waals surface area contributed by atoms with Crippen LogP contribution in [0.15, 0.2) is 71.6 Å². The number of hydrogen-bond acceptors (Lipinski definition) is 6. The van der Waals surface area contributed by atoms with Crippen LogP contribution in [0.25, 0.3) is 0 Å². The van der Waals surface area contributed by atoms with Gasteiger partial charge in [0.1, 0.15) is 18.0 Å². The van der Waals surface area contributed by atoms with Crippen molar-refractivity contribution in [2.45, 2.75) is 24.7 Å². The molecule has 0 radical (unpaired) electrons. The van der Waals surface area contributed by atoms with Crippen molar-refractivity contribution in [1.82, 2.24) is 0 Å². The Hall–Kier alpha value is -4.05. The molecular weight excluding hydrogens is 494 g/mol. The van der Waals surface area contributed by atoms with Gasteiger partial charge in [-0.05, 0) is 61.9 Å². The van der Waals surface area contributed by atoms with Gasteiger partial charge in [-0.25, -0.2) is 8.42 Å². The molecule has 194 valence electrons. The van der Waals surface area contributed by atoms with Gasteiger partial charge in [-0.1, -0.05) is 17.7 Å². The SMILES string of the molecule is COc1ccc(OC)c(N(CC(=O)Nc2ccc(N3CCCC3=O)cc2)S(=O)(=O)c2ccc(C)cc2)c1. The molecule has 0 bridgehead atoms. The lowest BCUT2D eigenvalue weighted by Crippen LogP contribution is -2.38. The quantitative estimate of drug-likeness (QED) is 0.455. The molecule has 1 N–H and O–H groups in total. The second-order valence-electron chi connectivity index (χ2n) is 8.61. The van der Waals surface area contributed by atoms with Crippen molar-refractivity contribution in [2.75, 3.05) is 41.8 Å². The lowest BCUT2D eigenvalue weighted by molar-refractivity contribution is -0.117. The summed E-state index contributed by atoms with van der Waals surface area (Å²) in [7, 11) is -1.25. The largest absolute Gasteiger partial charge is 0.497 e. The van der Waals surface area contributed by atoms with E-state index in [0.29, 0.717) is 24.4 Å². The molecule has 0 aromatic heterocycles. The Morgan fingerprint density at radius 2 is 1.70 bits per heavy atom. The lowest BCUT2D eigenvalue weighted by Gasteiger charge is -2.26. The van der Waals surface area contributed by atoms with Crippen molar-refractivity contribution in [3.8, 4) is 11.5 Å². The normalized spacial score (nSPS) is 13.4. The van der Waals surface area contributed by atoms with E-state index in [1.807, 2.05) is 6.92 Å². The molecule has 37 heavy (non-hydrogen) atoms. The fourth-order valence-corrected chi connectivity index (χ4v) is 5.53. The summed E-state index contributed by atoms with van der Waals surface area (Å²) in [5.41, 5.74) is 2.30. The minimum Gasteiger partial charge on any atom is -0.497 e. The number of carbonyl (C=O) groups is 2. The third-order valence-corrected chi connectivity index (χ3v) is 7.86. The van der Waals surface area contributed by atoms with Gasteiger partial charge in [-0.2, -0.15) is 0 Å². The average Bonchev–Trinajstić information content (AvgIpc) is 3.33. The molecule has 1 saturated heterocycles. The van der Waals surface area contributed by atoms with Crippen LogP contribution in [0.1, 0.15) is 18.4 Å². The smallest absolute Gasteiger partial charge is 0.264 e. The molecule has 0 spiro atoms. The fourth-order valence-electron chi connectivity index (χ4n) is 4.11. The monoisotopic (exact) mass is 523 g/mol. The Labute approximate surface area is 216 Å². The minimum absolute atomic E-state index is 0.0374. The van der Waals surface area contributed by atoms with E-state index in [0.717, 1.165) is 22.0 Å². The molecule has 4 rings (SSSR count). The van der Waals surface area contributed by atoms with Crippen LogP contribution in [0.3, 0.4) is 0 Å². The molecule has 2 amide bonds. The number of methoxy groups -OCH3 is 2. The van der Waals surface area contributed by atoms with Crippen LogP contribution in [-0.2, 0) is 19.6 Å². The number of anilines is 3. The zero-order valence-electron chi connectivity index (χ0n) is 20.9. The minimum atomic E-state index is -4.15. The zero-order valence-corrected chi connectivity index (χ0v) is 21.7. The van der Waals surface area contributed by atoms with Gasteiger partial charge in [0.15, 0.2) is 0 Å². The molecule has 0 unspecified atom stereocenters. The van der Waals surface area contributed by atoms with E-state index in [9.17, 15) is 18.0 Å². The summed E-state index contributed by atoms with van der Waals surface area (Å²) in [5, 5.41) is 2.75. The number of benzene rings is 3. The summed E-state index contributed by atoms with van der Waals surface area (Å²) >= 11 is 0. The standard InChI is InChI=1S/C27H29N3O6S/c1-19-6-13-23(14-7-19)37(33,34)30(24-17-22(35-2)12-15-25(24)36-3)18-26(31)28-20-8-10-21(11-9-20)29-16-4-5-27(29)32/h6-15,17H,4-5,16,18H2,1-3H3,(H,28,31). The second-order valence-corrected chi connectivity index (χ2v) is 10.5. The van der Waals surface area contributed by atoms with Gasteiger partial charge in [0.2, 0.25) is 11.8 Å². The number of amides is 2. The molecule has 1 fully saturated rings. The van der Waals surface area contributed by atoms with Crippen LogP contribution in [-0.4, -0.2) is 47.5 Å². The van der Waals surface area contributed by atoms with E-state index in [2.05, 4.69) is 5.32 Å². The molecule has 0 saturated carbocycles. The lowest BCUT2D eigenvalue weighted by atomic mass is 10.2. The van der Waals surface area contributed by atoms with Gasteiger partial charge in [0.05, 0.1) is 24.8 Å². The van der Waals surface area contributed by atoms with E-state index < -0.39 is 22.5 Å². The third kappa shape index (κ3) is 5.69. The third-order valence-electron chi connectivity index (χ3n) is 6.09. The average molecular weight is 524 g/mol. The second kappa shape index (κ2) is 10.9. The van der Waals surface area contributed by atoms with Gasteiger partial charge < -0.3 is 19.7 Å². The first-order valence-corrected chi connectivity index (χ1v) is 13.2. The number of nitrogens with zero attached hydrogens (tertiary/aromatic N) is 2. The number of hydrogen-bond donors (Lipinski definition) is 1. The Bertz CT molecular complexity index is 1390. The highest BCUT2D eigenvalue weighted by Gasteiger charge is 2.30. The van der Waals surface area contributed by atoms with Gasteiger partial charge in [-0.3, -0.25) is 13.9 Å². The highest BCUT2D eigenvalue weighted by Crippen LogP contribution is 2.36. The number of aryl methyl sites for hydroxylation is 1. The molecular formula is C27H29N3O6S. The topological polar surface area (TPSA) is 105 Å².